The average Bonchev–Trinajstić information content (AvgIpc) is 2.95. The molecule has 4 nitrogen and oxygen atoms in total. The van der Waals surface area contributed by atoms with E-state index in [0.29, 0.717) is 33.9 Å². The van der Waals surface area contributed by atoms with Gasteiger partial charge in [0.25, 0.3) is 5.91 Å². The molecule has 0 spiro atoms. The van der Waals surface area contributed by atoms with Gasteiger partial charge in [-0.1, -0.05) is 52.6 Å². The Morgan fingerprint density at radius 2 is 1.96 bits per heavy atom. The summed E-state index contributed by atoms with van der Waals surface area (Å²) >= 11 is 10.2. The van der Waals surface area contributed by atoms with Crippen molar-refractivity contribution in [2.45, 2.75) is 6.92 Å². The van der Waals surface area contributed by atoms with Gasteiger partial charge in [-0.2, -0.15) is 0 Å². The molecular formula is C21H18BrNO3S2. The molecule has 0 atom stereocenters. The van der Waals surface area contributed by atoms with Crippen LogP contribution in [-0.2, 0) is 4.79 Å². The van der Waals surface area contributed by atoms with Gasteiger partial charge < -0.3 is 9.47 Å². The van der Waals surface area contributed by atoms with Crippen LogP contribution in [0.1, 0.15) is 12.5 Å². The molecule has 0 bridgehead atoms. The van der Waals surface area contributed by atoms with Gasteiger partial charge in [0.1, 0.15) is 18.1 Å². The Kier molecular flexibility index (Phi) is 6.93. The lowest BCUT2D eigenvalue weighted by Gasteiger charge is -2.15. The van der Waals surface area contributed by atoms with Crippen LogP contribution < -0.4 is 14.4 Å². The summed E-state index contributed by atoms with van der Waals surface area (Å²) in [5.74, 6) is 1.27. The highest BCUT2D eigenvalue weighted by Crippen LogP contribution is 2.38. The first kappa shape index (κ1) is 20.6. The molecule has 28 heavy (non-hydrogen) atoms. The second-order valence-corrected chi connectivity index (χ2v) is 8.32. The number of hydrogen-bond donors (Lipinski definition) is 0. The van der Waals surface area contributed by atoms with Crippen molar-refractivity contribution >= 4 is 61.9 Å². The fourth-order valence-electron chi connectivity index (χ4n) is 2.60. The zero-order valence-corrected chi connectivity index (χ0v) is 18.4. The van der Waals surface area contributed by atoms with Crippen molar-refractivity contribution in [2.24, 2.45) is 0 Å². The summed E-state index contributed by atoms with van der Waals surface area (Å²) in [6.07, 6.45) is 3.48. The summed E-state index contributed by atoms with van der Waals surface area (Å²) in [6, 6.07) is 13.0. The second-order valence-electron chi connectivity index (χ2n) is 5.73. The number of amides is 1. The molecule has 1 aliphatic rings. The molecule has 7 heteroatoms. The number of thioether (sulfide) groups is 1. The third-order valence-electron chi connectivity index (χ3n) is 3.81. The molecule has 1 amide bonds. The van der Waals surface area contributed by atoms with Crippen LogP contribution in [0.2, 0.25) is 0 Å². The minimum Gasteiger partial charge on any atom is -0.494 e. The number of carbonyl (C=O) groups is 1. The van der Waals surface area contributed by atoms with Crippen LogP contribution in [0.4, 0.5) is 5.69 Å². The molecule has 3 rings (SSSR count). The van der Waals surface area contributed by atoms with Crippen molar-refractivity contribution in [3.05, 3.63) is 70.1 Å². The van der Waals surface area contributed by atoms with E-state index in [2.05, 4.69) is 22.5 Å². The van der Waals surface area contributed by atoms with Crippen LogP contribution in [-0.4, -0.2) is 23.4 Å². The van der Waals surface area contributed by atoms with Gasteiger partial charge in [0.15, 0.2) is 4.32 Å². The molecule has 0 aliphatic carbocycles. The number of halogens is 1. The van der Waals surface area contributed by atoms with Crippen molar-refractivity contribution in [3.8, 4) is 11.5 Å². The molecule has 0 N–H and O–H groups in total. The molecule has 1 heterocycles. The largest absolute Gasteiger partial charge is 0.494 e. The molecule has 0 radical (unpaired) electrons. The van der Waals surface area contributed by atoms with Gasteiger partial charge in [0.2, 0.25) is 0 Å². The number of rotatable bonds is 7. The zero-order valence-electron chi connectivity index (χ0n) is 15.2. The third-order valence-corrected chi connectivity index (χ3v) is 5.61. The maximum Gasteiger partial charge on any atom is 0.270 e. The topological polar surface area (TPSA) is 38.8 Å². The van der Waals surface area contributed by atoms with Crippen molar-refractivity contribution in [2.75, 3.05) is 18.1 Å². The number of anilines is 1. The molecule has 144 valence electrons. The first-order valence-corrected chi connectivity index (χ1v) is 10.6. The molecule has 0 aromatic heterocycles. The second kappa shape index (κ2) is 9.41. The lowest BCUT2D eigenvalue weighted by Crippen LogP contribution is -2.27. The van der Waals surface area contributed by atoms with Gasteiger partial charge in [0, 0.05) is 10.0 Å². The minimum atomic E-state index is -0.159. The maximum atomic E-state index is 13.0. The highest BCUT2D eigenvalue weighted by atomic mass is 79.9. The van der Waals surface area contributed by atoms with E-state index in [1.165, 1.54) is 16.7 Å². The van der Waals surface area contributed by atoms with Crippen LogP contribution in [0.3, 0.4) is 0 Å². The van der Waals surface area contributed by atoms with E-state index < -0.39 is 0 Å². The molecule has 2 aromatic carbocycles. The van der Waals surface area contributed by atoms with E-state index in [1.54, 1.807) is 12.2 Å². The van der Waals surface area contributed by atoms with Crippen LogP contribution in [0, 0.1) is 0 Å². The van der Waals surface area contributed by atoms with Crippen LogP contribution in [0.15, 0.2) is 64.5 Å². The van der Waals surface area contributed by atoms with Crippen molar-refractivity contribution in [3.63, 3.8) is 0 Å². The van der Waals surface area contributed by atoms with Gasteiger partial charge in [-0.05, 0) is 55.5 Å². The fourth-order valence-corrected chi connectivity index (χ4v) is 4.27. The molecule has 0 unspecified atom stereocenters. The van der Waals surface area contributed by atoms with E-state index in [0.717, 1.165) is 15.8 Å². The van der Waals surface area contributed by atoms with E-state index in [9.17, 15) is 4.79 Å². The third kappa shape index (κ3) is 4.66. The van der Waals surface area contributed by atoms with E-state index >= 15 is 0 Å². The minimum absolute atomic E-state index is 0.159. The van der Waals surface area contributed by atoms with Gasteiger partial charge in [-0.3, -0.25) is 9.69 Å². The molecular weight excluding hydrogens is 458 g/mol. The molecule has 1 aliphatic heterocycles. The van der Waals surface area contributed by atoms with Gasteiger partial charge in [-0.15, -0.1) is 0 Å². The number of hydrogen-bond acceptors (Lipinski definition) is 5. The number of benzene rings is 2. The van der Waals surface area contributed by atoms with E-state index in [-0.39, 0.29) is 5.91 Å². The summed E-state index contributed by atoms with van der Waals surface area (Å²) in [5.41, 5.74) is 1.51. The number of nitrogens with zero attached hydrogens (tertiary/aromatic N) is 1. The van der Waals surface area contributed by atoms with Crippen molar-refractivity contribution < 1.29 is 14.3 Å². The fraction of sp³-hybridized carbons (Fsp3) is 0.143. The summed E-state index contributed by atoms with van der Waals surface area (Å²) in [7, 11) is 0. The highest BCUT2D eigenvalue weighted by molar-refractivity contribution is 9.10. The summed E-state index contributed by atoms with van der Waals surface area (Å²) in [4.78, 5) is 15.1. The SMILES string of the molecule is C=CCOc1ccc(Br)cc1/C=C1/SC(=S)N(c2ccc(OCC)cc2)C1=O. The maximum absolute atomic E-state index is 13.0. The summed E-state index contributed by atoms with van der Waals surface area (Å²) in [6.45, 7) is 6.57. The quantitative estimate of drug-likeness (QED) is 0.286. The Morgan fingerprint density at radius 1 is 1.21 bits per heavy atom. The zero-order chi connectivity index (χ0) is 20.1. The molecule has 2 aromatic rings. The van der Waals surface area contributed by atoms with Crippen LogP contribution in [0.5, 0.6) is 11.5 Å². The number of ether oxygens (including phenoxy) is 2. The van der Waals surface area contributed by atoms with Gasteiger partial charge >= 0.3 is 0 Å². The van der Waals surface area contributed by atoms with E-state index in [1.807, 2.05) is 49.4 Å². The van der Waals surface area contributed by atoms with Crippen molar-refractivity contribution in [1.82, 2.24) is 0 Å². The lowest BCUT2D eigenvalue weighted by molar-refractivity contribution is -0.113. The van der Waals surface area contributed by atoms with Crippen molar-refractivity contribution in [1.29, 1.82) is 0 Å². The predicted octanol–water partition coefficient (Wildman–Crippen LogP) is 5.82. The Bertz CT molecular complexity index is 941. The first-order chi connectivity index (χ1) is 13.5. The molecule has 0 saturated carbocycles. The number of thiocarbonyl (C=S) groups is 1. The van der Waals surface area contributed by atoms with Crippen LogP contribution in [0.25, 0.3) is 6.08 Å². The lowest BCUT2D eigenvalue weighted by atomic mass is 10.2. The Labute approximate surface area is 182 Å². The van der Waals surface area contributed by atoms with E-state index in [4.69, 9.17) is 21.7 Å². The molecule has 1 saturated heterocycles. The summed E-state index contributed by atoms with van der Waals surface area (Å²) < 4.78 is 12.5. The van der Waals surface area contributed by atoms with Crippen LogP contribution >= 0.6 is 39.9 Å². The number of carbonyl (C=O) groups excluding carboxylic acids is 1. The monoisotopic (exact) mass is 475 g/mol. The Balaban J connectivity index is 1.89. The Hall–Kier alpha value is -2.09. The first-order valence-electron chi connectivity index (χ1n) is 8.57. The normalized spacial score (nSPS) is 15.2. The molecule has 1 fully saturated rings. The average molecular weight is 476 g/mol. The predicted molar refractivity (Wildman–Crippen MR) is 123 cm³/mol. The van der Waals surface area contributed by atoms with Gasteiger partial charge in [0.05, 0.1) is 17.2 Å². The highest BCUT2D eigenvalue weighted by Gasteiger charge is 2.33. The smallest absolute Gasteiger partial charge is 0.270 e. The summed E-state index contributed by atoms with van der Waals surface area (Å²) in [5, 5.41) is 0. The Morgan fingerprint density at radius 3 is 2.64 bits per heavy atom. The van der Waals surface area contributed by atoms with Gasteiger partial charge in [-0.25, -0.2) is 0 Å². The standard InChI is InChI=1S/C21H18BrNO3S2/c1-3-11-26-18-10-5-15(22)12-14(18)13-19-20(24)23(21(27)28-19)16-6-8-17(9-7-16)25-4-2/h3,5-10,12-13H,1,4,11H2,2H3/b19-13+.